The van der Waals surface area contributed by atoms with Gasteiger partial charge in [0, 0.05) is 44.7 Å². The number of piperazine rings is 1. The summed E-state index contributed by atoms with van der Waals surface area (Å²) in [6.45, 7) is 0.918. The van der Waals surface area contributed by atoms with Crippen LogP contribution in [0.2, 0.25) is 0 Å². The molecular weight excluding hydrogens is 357 g/mol. The van der Waals surface area contributed by atoms with Crippen molar-refractivity contribution in [1.82, 2.24) is 15.5 Å². The second-order valence-corrected chi connectivity index (χ2v) is 6.70. The highest BCUT2D eigenvalue weighted by Gasteiger charge is 2.47. The van der Waals surface area contributed by atoms with Gasteiger partial charge in [-0.1, -0.05) is 6.07 Å². The van der Waals surface area contributed by atoms with Gasteiger partial charge in [0.15, 0.2) is 0 Å². The largest absolute Gasteiger partial charge is 0.405 e. The molecule has 1 aromatic rings. The molecule has 1 amide bonds. The maximum Gasteiger partial charge on any atom is 0.405 e. The van der Waals surface area contributed by atoms with Crippen molar-refractivity contribution in [2.45, 2.75) is 24.6 Å². The zero-order valence-electron chi connectivity index (χ0n) is 14.0. The fourth-order valence-corrected chi connectivity index (χ4v) is 3.40. The molecule has 3 atom stereocenters. The van der Waals surface area contributed by atoms with Crippen LogP contribution in [0.25, 0.3) is 0 Å². The summed E-state index contributed by atoms with van der Waals surface area (Å²) >= 11 is 0. The minimum atomic E-state index is -4.45. The van der Waals surface area contributed by atoms with E-state index in [-0.39, 0.29) is 18.7 Å². The monoisotopic (exact) mass is 377 g/mol. The molecule has 1 aliphatic heterocycles. The van der Waals surface area contributed by atoms with Crippen molar-refractivity contribution in [1.29, 1.82) is 0 Å². The summed E-state index contributed by atoms with van der Waals surface area (Å²) in [5.74, 6) is -2.97. The predicted octanol–water partition coefficient (Wildman–Crippen LogP) is 2.02. The van der Waals surface area contributed by atoms with Gasteiger partial charge >= 0.3 is 6.18 Å². The zero-order valence-corrected chi connectivity index (χ0v) is 14.0. The summed E-state index contributed by atoms with van der Waals surface area (Å²) in [5, 5.41) is 5.35. The number of nitrogens with one attached hydrogen (secondary N) is 2. The summed E-state index contributed by atoms with van der Waals surface area (Å²) in [4.78, 5) is 13.5. The quantitative estimate of drug-likeness (QED) is 0.772. The molecule has 2 N–H and O–H groups in total. The maximum atomic E-state index is 13.8. The lowest BCUT2D eigenvalue weighted by Gasteiger charge is -2.35. The van der Waals surface area contributed by atoms with Gasteiger partial charge in [-0.15, -0.1) is 0 Å². The van der Waals surface area contributed by atoms with Gasteiger partial charge in [0.05, 0.1) is 0 Å². The van der Waals surface area contributed by atoms with Crippen molar-refractivity contribution in [3.63, 3.8) is 0 Å². The van der Waals surface area contributed by atoms with Gasteiger partial charge < -0.3 is 10.6 Å². The smallest absolute Gasteiger partial charge is 0.354 e. The van der Waals surface area contributed by atoms with Gasteiger partial charge in [0.1, 0.15) is 17.7 Å². The third kappa shape index (κ3) is 4.32. The molecule has 1 aromatic carbocycles. The van der Waals surface area contributed by atoms with E-state index in [4.69, 9.17) is 0 Å². The van der Waals surface area contributed by atoms with E-state index in [1.807, 2.05) is 0 Å². The molecule has 2 aliphatic rings. The van der Waals surface area contributed by atoms with Crippen molar-refractivity contribution in [2.24, 2.45) is 5.92 Å². The second-order valence-electron chi connectivity index (χ2n) is 6.70. The number of benzene rings is 1. The Morgan fingerprint density at radius 1 is 1.27 bits per heavy atom. The highest BCUT2D eigenvalue weighted by atomic mass is 19.4. The van der Waals surface area contributed by atoms with E-state index in [1.165, 1.54) is 11.0 Å². The Bertz CT molecular complexity index is 660. The van der Waals surface area contributed by atoms with Crippen LogP contribution in [-0.2, 0) is 4.79 Å². The van der Waals surface area contributed by atoms with Crippen LogP contribution in [0.4, 0.5) is 22.0 Å². The lowest BCUT2D eigenvalue weighted by molar-refractivity contribution is -0.184. The third-order valence-corrected chi connectivity index (χ3v) is 4.93. The van der Waals surface area contributed by atoms with Crippen LogP contribution < -0.4 is 10.6 Å². The van der Waals surface area contributed by atoms with Gasteiger partial charge in [-0.25, -0.2) is 8.78 Å². The molecule has 2 fully saturated rings. The molecule has 26 heavy (non-hydrogen) atoms. The average molecular weight is 377 g/mol. The fourth-order valence-electron chi connectivity index (χ4n) is 3.40. The third-order valence-electron chi connectivity index (χ3n) is 4.93. The van der Waals surface area contributed by atoms with Gasteiger partial charge in [0.25, 0.3) is 0 Å². The van der Waals surface area contributed by atoms with Crippen molar-refractivity contribution in [3.8, 4) is 0 Å². The second kappa shape index (κ2) is 7.48. The molecule has 9 heteroatoms. The first-order valence-corrected chi connectivity index (χ1v) is 8.51. The lowest BCUT2D eigenvalue weighted by atomic mass is 10.1. The number of carbonyl (C=O) groups is 1. The van der Waals surface area contributed by atoms with Gasteiger partial charge in [0.2, 0.25) is 5.91 Å². The Labute approximate surface area is 147 Å². The average Bonchev–Trinajstić information content (AvgIpc) is 3.35. The van der Waals surface area contributed by atoms with Gasteiger partial charge in [-0.3, -0.25) is 9.69 Å². The Kier molecular flexibility index (Phi) is 5.47. The molecule has 1 heterocycles. The molecule has 144 valence electrons. The van der Waals surface area contributed by atoms with Crippen LogP contribution in [0.1, 0.15) is 17.9 Å². The number of rotatable bonds is 5. The molecule has 1 saturated carbocycles. The summed E-state index contributed by atoms with van der Waals surface area (Å²) in [5.41, 5.74) is 0.223. The Morgan fingerprint density at radius 2 is 1.96 bits per heavy atom. The van der Waals surface area contributed by atoms with Gasteiger partial charge in [-0.05, 0) is 24.0 Å². The molecular formula is C17H20F5N3O. The van der Waals surface area contributed by atoms with Gasteiger partial charge in [-0.2, -0.15) is 13.2 Å². The molecule has 3 unspecified atom stereocenters. The van der Waals surface area contributed by atoms with E-state index >= 15 is 0 Å². The number of hydrogen-bond acceptors (Lipinski definition) is 3. The first-order chi connectivity index (χ1) is 12.3. The summed E-state index contributed by atoms with van der Waals surface area (Å²) in [6, 6.07) is 1.39. The number of alkyl halides is 3. The molecule has 0 bridgehead atoms. The molecule has 0 spiro atoms. The van der Waals surface area contributed by atoms with E-state index in [0.717, 1.165) is 12.1 Å². The molecule has 1 saturated heterocycles. The maximum absolute atomic E-state index is 13.8. The van der Waals surface area contributed by atoms with Crippen molar-refractivity contribution >= 4 is 5.91 Å². The summed E-state index contributed by atoms with van der Waals surface area (Å²) in [7, 11) is 0. The standard InChI is InChI=1S/C17H20F5N3O/c18-10-1-2-11(14(19)7-10)12-8-13(12)16(26)24-9-15(17(20,21)22)25-5-3-23-4-6-25/h1-2,7,12-13,15,23H,3-6,8-9H2,(H,24,26). The number of hydrogen-bond donors (Lipinski definition) is 2. The Hall–Kier alpha value is -1.74. The van der Waals surface area contributed by atoms with Crippen molar-refractivity contribution in [2.75, 3.05) is 32.7 Å². The Balaban J connectivity index is 1.57. The number of nitrogens with zero attached hydrogens (tertiary/aromatic N) is 1. The Morgan fingerprint density at radius 3 is 2.58 bits per heavy atom. The minimum Gasteiger partial charge on any atom is -0.354 e. The zero-order chi connectivity index (χ0) is 18.9. The molecule has 0 radical (unpaired) electrons. The molecule has 4 nitrogen and oxygen atoms in total. The molecule has 3 rings (SSSR count). The van der Waals surface area contributed by atoms with Crippen molar-refractivity contribution in [3.05, 3.63) is 35.4 Å². The predicted molar refractivity (Wildman–Crippen MR) is 84.5 cm³/mol. The number of halogens is 5. The molecule has 1 aliphatic carbocycles. The van der Waals surface area contributed by atoms with Crippen LogP contribution in [0, 0.1) is 17.6 Å². The summed E-state index contributed by atoms with van der Waals surface area (Å²) < 4.78 is 66.6. The van der Waals surface area contributed by atoms with Crippen LogP contribution >= 0.6 is 0 Å². The van der Waals surface area contributed by atoms with E-state index in [0.29, 0.717) is 19.5 Å². The fraction of sp³-hybridized carbons (Fsp3) is 0.588. The summed E-state index contributed by atoms with van der Waals surface area (Å²) in [6.07, 6.45) is -4.10. The van der Waals surface area contributed by atoms with Crippen LogP contribution in [-0.4, -0.2) is 55.7 Å². The van der Waals surface area contributed by atoms with Crippen LogP contribution in [0.5, 0.6) is 0 Å². The number of carbonyl (C=O) groups excluding carboxylic acids is 1. The van der Waals surface area contributed by atoms with Crippen molar-refractivity contribution < 1.29 is 26.7 Å². The van der Waals surface area contributed by atoms with E-state index in [2.05, 4.69) is 10.6 Å². The van der Waals surface area contributed by atoms with E-state index in [1.54, 1.807) is 0 Å². The van der Waals surface area contributed by atoms with E-state index in [9.17, 15) is 26.7 Å². The minimum absolute atomic E-state index is 0.223. The highest BCUT2D eigenvalue weighted by molar-refractivity contribution is 5.82. The normalized spacial score (nSPS) is 25.0. The van der Waals surface area contributed by atoms with Crippen LogP contribution in [0.15, 0.2) is 18.2 Å². The number of amides is 1. The first-order valence-electron chi connectivity index (χ1n) is 8.51. The topological polar surface area (TPSA) is 44.4 Å². The van der Waals surface area contributed by atoms with E-state index < -0.39 is 48.1 Å². The molecule has 0 aromatic heterocycles. The van der Waals surface area contributed by atoms with Crippen LogP contribution in [0.3, 0.4) is 0 Å². The SMILES string of the molecule is O=C(NCC(N1CCNCC1)C(F)(F)F)C1CC1c1ccc(F)cc1F. The lowest BCUT2D eigenvalue weighted by Crippen LogP contribution is -2.57. The first kappa shape index (κ1) is 19.0. The highest BCUT2D eigenvalue weighted by Crippen LogP contribution is 2.48.